The van der Waals surface area contributed by atoms with Crippen LogP contribution in [0.4, 0.5) is 0 Å². The molecular weight excluding hydrogens is 340 g/mol. The van der Waals surface area contributed by atoms with Crippen LogP contribution in [-0.2, 0) is 6.42 Å². The predicted molar refractivity (Wildman–Crippen MR) is 84.4 cm³/mol. The summed E-state index contributed by atoms with van der Waals surface area (Å²) >= 11 is 9.22. The van der Waals surface area contributed by atoms with Crippen LogP contribution >= 0.6 is 27.5 Å². The minimum atomic E-state index is -0.493. The van der Waals surface area contributed by atoms with Gasteiger partial charge in [0.25, 0.3) is 0 Å². The molecule has 1 unspecified atom stereocenters. The molecule has 0 aliphatic carbocycles. The van der Waals surface area contributed by atoms with Crippen LogP contribution < -0.4 is 0 Å². The normalized spacial score (nSPS) is 12.2. The maximum atomic E-state index is 12.6. The summed E-state index contributed by atoms with van der Waals surface area (Å²) in [6.07, 6.45) is -0.0463. The molecule has 104 valence electrons. The van der Waals surface area contributed by atoms with Gasteiger partial charge in [-0.2, -0.15) is 0 Å². The fraction of sp³-hybridized carbons (Fsp3) is 0.188. The molecule has 0 amide bonds. The maximum absolute atomic E-state index is 12.6. The van der Waals surface area contributed by atoms with Gasteiger partial charge in [-0.3, -0.25) is 4.79 Å². The minimum absolute atomic E-state index is 0.0707. The van der Waals surface area contributed by atoms with Gasteiger partial charge in [-0.25, -0.2) is 0 Å². The molecule has 0 heterocycles. The van der Waals surface area contributed by atoms with Gasteiger partial charge in [-0.05, 0) is 55.3 Å². The molecule has 1 atom stereocenters. The summed E-state index contributed by atoms with van der Waals surface area (Å²) in [6.45, 7) is 1.71. The largest absolute Gasteiger partial charge is 0.393 e. The number of rotatable bonds is 4. The van der Waals surface area contributed by atoms with Crippen molar-refractivity contribution in [3.8, 4) is 0 Å². The van der Waals surface area contributed by atoms with Crippen molar-refractivity contribution in [3.63, 3.8) is 0 Å². The first-order chi connectivity index (χ1) is 9.47. The van der Waals surface area contributed by atoms with E-state index in [9.17, 15) is 9.90 Å². The second-order valence-corrected chi connectivity index (χ2v) is 6.04. The molecule has 0 aromatic heterocycles. The molecule has 0 spiro atoms. The second kappa shape index (κ2) is 6.53. The van der Waals surface area contributed by atoms with E-state index in [2.05, 4.69) is 15.9 Å². The van der Waals surface area contributed by atoms with Crippen LogP contribution in [0.15, 0.2) is 46.9 Å². The van der Waals surface area contributed by atoms with E-state index in [0.29, 0.717) is 22.6 Å². The molecule has 0 fully saturated rings. The standard InChI is InChI=1S/C16H14BrClO2/c1-10(19)8-12-2-5-13(17)9-15(12)16(20)11-3-6-14(18)7-4-11/h2-7,9-10,19H,8H2,1H3. The lowest BCUT2D eigenvalue weighted by molar-refractivity contribution is 0.103. The highest BCUT2D eigenvalue weighted by Gasteiger charge is 2.15. The first kappa shape index (κ1) is 15.2. The van der Waals surface area contributed by atoms with Crippen LogP contribution in [0.2, 0.25) is 5.02 Å². The summed E-state index contributed by atoms with van der Waals surface area (Å²) in [4.78, 5) is 12.6. The van der Waals surface area contributed by atoms with Crippen LogP contribution in [0.5, 0.6) is 0 Å². The number of aliphatic hydroxyl groups excluding tert-OH is 1. The zero-order chi connectivity index (χ0) is 14.7. The molecule has 20 heavy (non-hydrogen) atoms. The summed E-state index contributed by atoms with van der Waals surface area (Å²) in [6, 6.07) is 12.3. The monoisotopic (exact) mass is 352 g/mol. The van der Waals surface area contributed by atoms with Crippen molar-refractivity contribution in [1.82, 2.24) is 0 Å². The van der Waals surface area contributed by atoms with Crippen molar-refractivity contribution < 1.29 is 9.90 Å². The van der Waals surface area contributed by atoms with Gasteiger partial charge in [0.2, 0.25) is 0 Å². The molecule has 2 aromatic carbocycles. The van der Waals surface area contributed by atoms with Crippen molar-refractivity contribution in [3.05, 3.63) is 68.7 Å². The van der Waals surface area contributed by atoms with E-state index >= 15 is 0 Å². The fourth-order valence-electron chi connectivity index (χ4n) is 2.01. The molecular formula is C16H14BrClO2. The maximum Gasteiger partial charge on any atom is 0.193 e. The molecule has 1 N–H and O–H groups in total. The Kier molecular flexibility index (Phi) is 4.97. The third-order valence-electron chi connectivity index (χ3n) is 2.94. The van der Waals surface area contributed by atoms with Crippen LogP contribution in [0.1, 0.15) is 28.4 Å². The van der Waals surface area contributed by atoms with Crippen molar-refractivity contribution >= 4 is 33.3 Å². The topological polar surface area (TPSA) is 37.3 Å². The number of halogens is 2. The average molecular weight is 354 g/mol. The molecule has 0 aliphatic heterocycles. The van der Waals surface area contributed by atoms with Gasteiger partial charge in [0.05, 0.1) is 6.10 Å². The van der Waals surface area contributed by atoms with E-state index in [-0.39, 0.29) is 5.78 Å². The Balaban J connectivity index is 2.42. The molecule has 0 saturated carbocycles. The second-order valence-electron chi connectivity index (χ2n) is 4.69. The molecule has 2 aromatic rings. The van der Waals surface area contributed by atoms with E-state index in [1.165, 1.54) is 0 Å². The Morgan fingerprint density at radius 1 is 1.25 bits per heavy atom. The van der Waals surface area contributed by atoms with Gasteiger partial charge in [0.1, 0.15) is 0 Å². The summed E-state index contributed by atoms with van der Waals surface area (Å²) in [7, 11) is 0. The lowest BCUT2D eigenvalue weighted by Gasteiger charge is -2.11. The highest BCUT2D eigenvalue weighted by molar-refractivity contribution is 9.10. The fourth-order valence-corrected chi connectivity index (χ4v) is 2.50. The Hall–Kier alpha value is -1.16. The highest BCUT2D eigenvalue weighted by Crippen LogP contribution is 2.22. The highest BCUT2D eigenvalue weighted by atomic mass is 79.9. The lowest BCUT2D eigenvalue weighted by Crippen LogP contribution is -2.11. The van der Waals surface area contributed by atoms with Crippen LogP contribution in [-0.4, -0.2) is 17.0 Å². The summed E-state index contributed by atoms with van der Waals surface area (Å²) in [5.74, 6) is -0.0707. The zero-order valence-corrected chi connectivity index (χ0v) is 13.3. The zero-order valence-electron chi connectivity index (χ0n) is 10.9. The van der Waals surface area contributed by atoms with Gasteiger partial charge in [0, 0.05) is 20.6 Å². The smallest absolute Gasteiger partial charge is 0.193 e. The molecule has 0 bridgehead atoms. The van der Waals surface area contributed by atoms with E-state index in [4.69, 9.17) is 11.6 Å². The number of ketones is 1. The van der Waals surface area contributed by atoms with Gasteiger partial charge in [-0.1, -0.05) is 33.6 Å². The Labute approximate surface area is 131 Å². The van der Waals surface area contributed by atoms with E-state index in [1.54, 1.807) is 37.3 Å². The number of hydrogen-bond donors (Lipinski definition) is 1. The molecule has 2 rings (SSSR count). The molecule has 2 nitrogen and oxygen atoms in total. The number of carbonyl (C=O) groups excluding carboxylic acids is 1. The van der Waals surface area contributed by atoms with Crippen molar-refractivity contribution in [2.75, 3.05) is 0 Å². The molecule has 4 heteroatoms. The number of carbonyl (C=O) groups is 1. The van der Waals surface area contributed by atoms with Crippen LogP contribution in [0.25, 0.3) is 0 Å². The molecule has 0 aliphatic rings. The van der Waals surface area contributed by atoms with Crippen LogP contribution in [0, 0.1) is 0 Å². The van der Waals surface area contributed by atoms with Crippen molar-refractivity contribution in [1.29, 1.82) is 0 Å². The van der Waals surface area contributed by atoms with Gasteiger partial charge >= 0.3 is 0 Å². The van der Waals surface area contributed by atoms with Gasteiger partial charge < -0.3 is 5.11 Å². The molecule has 0 radical (unpaired) electrons. The third kappa shape index (κ3) is 3.69. The van der Waals surface area contributed by atoms with Crippen molar-refractivity contribution in [2.24, 2.45) is 0 Å². The van der Waals surface area contributed by atoms with Crippen molar-refractivity contribution in [2.45, 2.75) is 19.4 Å². The predicted octanol–water partition coefficient (Wildman–Crippen LogP) is 4.26. The van der Waals surface area contributed by atoms with Crippen LogP contribution in [0.3, 0.4) is 0 Å². The minimum Gasteiger partial charge on any atom is -0.393 e. The van der Waals surface area contributed by atoms with E-state index in [0.717, 1.165) is 10.0 Å². The van der Waals surface area contributed by atoms with E-state index in [1.807, 2.05) is 12.1 Å². The number of hydrogen-bond acceptors (Lipinski definition) is 2. The summed E-state index contributed by atoms with van der Waals surface area (Å²) in [5, 5.41) is 10.1. The first-order valence-corrected chi connectivity index (χ1v) is 7.41. The third-order valence-corrected chi connectivity index (χ3v) is 3.68. The number of aliphatic hydroxyl groups is 1. The molecule has 0 saturated heterocycles. The number of benzene rings is 2. The summed E-state index contributed by atoms with van der Waals surface area (Å²) < 4.78 is 0.837. The summed E-state index contributed by atoms with van der Waals surface area (Å²) in [5.41, 5.74) is 2.02. The van der Waals surface area contributed by atoms with Gasteiger partial charge in [-0.15, -0.1) is 0 Å². The Bertz CT molecular complexity index is 621. The lowest BCUT2D eigenvalue weighted by atomic mass is 9.95. The quantitative estimate of drug-likeness (QED) is 0.834. The SMILES string of the molecule is CC(O)Cc1ccc(Br)cc1C(=O)c1ccc(Cl)cc1. The Morgan fingerprint density at radius 2 is 1.90 bits per heavy atom. The van der Waals surface area contributed by atoms with E-state index < -0.39 is 6.10 Å². The Morgan fingerprint density at radius 3 is 2.50 bits per heavy atom. The van der Waals surface area contributed by atoms with Gasteiger partial charge in [0.15, 0.2) is 5.78 Å². The first-order valence-electron chi connectivity index (χ1n) is 6.24. The average Bonchev–Trinajstić information content (AvgIpc) is 2.40.